The van der Waals surface area contributed by atoms with Crippen LogP contribution in [0.1, 0.15) is 33.6 Å². The van der Waals surface area contributed by atoms with E-state index in [4.69, 9.17) is 4.74 Å². The molecule has 1 fully saturated rings. The fourth-order valence-corrected chi connectivity index (χ4v) is 3.18. The average molecular weight is 250 g/mol. The smallest absolute Gasteiger partial charge is 0.152 e. The molecule has 1 saturated heterocycles. The summed E-state index contributed by atoms with van der Waals surface area (Å²) in [6, 6.07) is 0. The minimum Gasteiger partial charge on any atom is -0.396 e. The zero-order chi connectivity index (χ0) is 12.4. The zero-order valence-electron chi connectivity index (χ0n) is 10.3. The van der Waals surface area contributed by atoms with Gasteiger partial charge in [-0.05, 0) is 33.6 Å². The van der Waals surface area contributed by atoms with E-state index in [-0.39, 0.29) is 29.1 Å². The first-order chi connectivity index (χ1) is 7.34. The Kier molecular flexibility index (Phi) is 4.37. The molecule has 5 heteroatoms. The fraction of sp³-hybridized carbons (Fsp3) is 1.00. The van der Waals surface area contributed by atoms with Gasteiger partial charge >= 0.3 is 0 Å². The third-order valence-corrected chi connectivity index (χ3v) is 5.96. The lowest BCUT2D eigenvalue weighted by Crippen LogP contribution is -2.35. The van der Waals surface area contributed by atoms with Crippen LogP contribution in [0.5, 0.6) is 0 Å². The molecule has 4 nitrogen and oxygen atoms in total. The number of hydrogen-bond donors (Lipinski definition) is 1. The third-order valence-electron chi connectivity index (χ3n) is 3.75. The van der Waals surface area contributed by atoms with Crippen molar-refractivity contribution in [2.75, 3.05) is 19.0 Å². The Hall–Kier alpha value is -0.130. The Balaban J connectivity index is 2.66. The Morgan fingerprint density at radius 1 is 1.50 bits per heavy atom. The normalized spacial score (nSPS) is 31.2. The van der Waals surface area contributed by atoms with E-state index >= 15 is 0 Å². The van der Waals surface area contributed by atoms with Crippen LogP contribution in [-0.2, 0) is 14.6 Å². The molecule has 1 N–H and O–H groups in total. The summed E-state index contributed by atoms with van der Waals surface area (Å²) in [6.45, 7) is 5.90. The van der Waals surface area contributed by atoms with Gasteiger partial charge in [0, 0.05) is 12.0 Å². The summed E-state index contributed by atoms with van der Waals surface area (Å²) in [5, 5.41) is 9.10. The standard InChI is InChI=1S/C11H22O4S/c1-9(2)16(13,14)7-5-11(8-12)4-6-15-10(11)3/h9-10,12H,4-8H2,1-3H3. The number of sulfone groups is 1. The van der Waals surface area contributed by atoms with Gasteiger partial charge in [-0.3, -0.25) is 0 Å². The first-order valence-corrected chi connectivity index (χ1v) is 7.50. The molecule has 0 aromatic rings. The molecule has 16 heavy (non-hydrogen) atoms. The van der Waals surface area contributed by atoms with Gasteiger partial charge in [0.25, 0.3) is 0 Å². The summed E-state index contributed by atoms with van der Waals surface area (Å²) < 4.78 is 28.9. The van der Waals surface area contributed by atoms with Gasteiger partial charge in [0.15, 0.2) is 9.84 Å². The third kappa shape index (κ3) is 2.76. The van der Waals surface area contributed by atoms with Crippen LogP contribution in [0.4, 0.5) is 0 Å². The predicted molar refractivity (Wildman–Crippen MR) is 63.1 cm³/mol. The van der Waals surface area contributed by atoms with Crippen molar-refractivity contribution in [2.24, 2.45) is 5.41 Å². The molecule has 1 rings (SSSR count). The summed E-state index contributed by atoms with van der Waals surface area (Å²) in [4.78, 5) is 0. The van der Waals surface area contributed by atoms with E-state index in [0.717, 1.165) is 6.42 Å². The molecule has 2 atom stereocenters. The molecule has 0 bridgehead atoms. The lowest BCUT2D eigenvalue weighted by Gasteiger charge is -2.30. The van der Waals surface area contributed by atoms with E-state index in [0.29, 0.717) is 13.0 Å². The number of aliphatic hydroxyl groups is 1. The van der Waals surface area contributed by atoms with E-state index in [1.54, 1.807) is 13.8 Å². The highest BCUT2D eigenvalue weighted by Crippen LogP contribution is 2.38. The van der Waals surface area contributed by atoms with Crippen molar-refractivity contribution in [3.63, 3.8) is 0 Å². The van der Waals surface area contributed by atoms with E-state index in [2.05, 4.69) is 0 Å². The second kappa shape index (κ2) is 5.02. The van der Waals surface area contributed by atoms with E-state index < -0.39 is 9.84 Å². The molecule has 0 saturated carbocycles. The van der Waals surface area contributed by atoms with Crippen molar-refractivity contribution < 1.29 is 18.3 Å². The van der Waals surface area contributed by atoms with Crippen LogP contribution in [-0.4, -0.2) is 43.8 Å². The molecule has 0 aromatic carbocycles. The summed E-state index contributed by atoms with van der Waals surface area (Å²) in [7, 11) is -3.02. The Morgan fingerprint density at radius 2 is 2.12 bits per heavy atom. The summed E-state index contributed by atoms with van der Waals surface area (Å²) in [6.07, 6.45) is 1.18. The first-order valence-electron chi connectivity index (χ1n) is 5.78. The monoisotopic (exact) mass is 250 g/mol. The molecule has 96 valence electrons. The second-order valence-corrected chi connectivity index (χ2v) is 7.63. The SMILES string of the molecule is CC1OCCC1(CO)CCS(=O)(=O)C(C)C. The molecule has 0 aromatic heterocycles. The van der Waals surface area contributed by atoms with E-state index in [9.17, 15) is 13.5 Å². The summed E-state index contributed by atoms with van der Waals surface area (Å²) in [5.74, 6) is 0.138. The highest BCUT2D eigenvalue weighted by Gasteiger charge is 2.41. The van der Waals surface area contributed by atoms with Crippen LogP contribution in [0.15, 0.2) is 0 Å². The predicted octanol–water partition coefficient (Wildman–Crippen LogP) is 0.987. The molecule has 1 aliphatic heterocycles. The van der Waals surface area contributed by atoms with Gasteiger partial charge in [-0.2, -0.15) is 0 Å². The topological polar surface area (TPSA) is 63.6 Å². The van der Waals surface area contributed by atoms with Gasteiger partial charge < -0.3 is 9.84 Å². The highest BCUT2D eigenvalue weighted by molar-refractivity contribution is 7.91. The second-order valence-electron chi connectivity index (χ2n) is 4.95. The minimum absolute atomic E-state index is 0.00177. The van der Waals surface area contributed by atoms with Gasteiger partial charge in [0.2, 0.25) is 0 Å². The zero-order valence-corrected chi connectivity index (χ0v) is 11.1. The molecule has 1 aliphatic rings. The Bertz CT molecular complexity index is 323. The van der Waals surface area contributed by atoms with Crippen LogP contribution in [0.2, 0.25) is 0 Å². The Labute approximate surface area is 97.9 Å². The van der Waals surface area contributed by atoms with E-state index in [1.807, 2.05) is 6.92 Å². The number of aliphatic hydroxyl groups excluding tert-OH is 1. The molecule has 0 radical (unpaired) electrons. The Morgan fingerprint density at radius 3 is 2.50 bits per heavy atom. The van der Waals surface area contributed by atoms with Crippen molar-refractivity contribution in [3.8, 4) is 0 Å². The quantitative estimate of drug-likeness (QED) is 0.790. The van der Waals surface area contributed by atoms with Crippen molar-refractivity contribution >= 4 is 9.84 Å². The molecule has 1 heterocycles. The van der Waals surface area contributed by atoms with Crippen LogP contribution < -0.4 is 0 Å². The number of ether oxygens (including phenoxy) is 1. The highest BCUT2D eigenvalue weighted by atomic mass is 32.2. The van der Waals surface area contributed by atoms with Gasteiger partial charge in [-0.15, -0.1) is 0 Å². The molecule has 0 aliphatic carbocycles. The maximum absolute atomic E-state index is 11.7. The van der Waals surface area contributed by atoms with Gasteiger partial charge in [0.1, 0.15) is 0 Å². The fourth-order valence-electron chi connectivity index (χ4n) is 2.02. The largest absolute Gasteiger partial charge is 0.396 e. The van der Waals surface area contributed by atoms with Crippen LogP contribution in [0.3, 0.4) is 0 Å². The molecule has 0 spiro atoms. The van der Waals surface area contributed by atoms with E-state index in [1.165, 1.54) is 0 Å². The summed E-state index contributed by atoms with van der Waals surface area (Å²) in [5.41, 5.74) is -0.359. The maximum Gasteiger partial charge on any atom is 0.152 e. The van der Waals surface area contributed by atoms with Crippen molar-refractivity contribution in [3.05, 3.63) is 0 Å². The average Bonchev–Trinajstić information content (AvgIpc) is 2.58. The molecule has 2 unspecified atom stereocenters. The van der Waals surface area contributed by atoms with Gasteiger partial charge in [-0.1, -0.05) is 0 Å². The molecular weight excluding hydrogens is 228 g/mol. The maximum atomic E-state index is 11.7. The van der Waals surface area contributed by atoms with Crippen LogP contribution in [0.25, 0.3) is 0 Å². The van der Waals surface area contributed by atoms with Crippen molar-refractivity contribution in [1.82, 2.24) is 0 Å². The summed E-state index contributed by atoms with van der Waals surface area (Å²) >= 11 is 0. The number of hydrogen-bond acceptors (Lipinski definition) is 4. The van der Waals surface area contributed by atoms with Gasteiger partial charge in [-0.25, -0.2) is 8.42 Å². The van der Waals surface area contributed by atoms with Crippen LogP contribution >= 0.6 is 0 Å². The van der Waals surface area contributed by atoms with Crippen molar-refractivity contribution in [2.45, 2.75) is 45.0 Å². The van der Waals surface area contributed by atoms with Gasteiger partial charge in [0.05, 0.1) is 23.7 Å². The molecule has 0 amide bonds. The van der Waals surface area contributed by atoms with Crippen LogP contribution in [0, 0.1) is 5.41 Å². The molecular formula is C11H22O4S. The lowest BCUT2D eigenvalue weighted by molar-refractivity contribution is 0.0252. The number of rotatable bonds is 5. The lowest BCUT2D eigenvalue weighted by atomic mass is 9.80. The van der Waals surface area contributed by atoms with Crippen molar-refractivity contribution in [1.29, 1.82) is 0 Å². The minimum atomic E-state index is -3.02. The first kappa shape index (κ1) is 13.9.